The van der Waals surface area contributed by atoms with E-state index in [-0.39, 0.29) is 0 Å². The van der Waals surface area contributed by atoms with Gasteiger partial charge in [0, 0.05) is 6.04 Å². The van der Waals surface area contributed by atoms with Crippen LogP contribution in [0.3, 0.4) is 0 Å². The van der Waals surface area contributed by atoms with Crippen molar-refractivity contribution in [3.05, 3.63) is 0 Å². The van der Waals surface area contributed by atoms with E-state index in [1.165, 1.54) is 12.8 Å². The first-order valence-electron chi connectivity index (χ1n) is 4.85. The van der Waals surface area contributed by atoms with Crippen LogP contribution in [0.5, 0.6) is 0 Å². The van der Waals surface area contributed by atoms with E-state index < -0.39 is 0 Å². The highest BCUT2D eigenvalue weighted by atomic mass is 16.5. The highest BCUT2D eigenvalue weighted by Crippen LogP contribution is 2.53. The summed E-state index contributed by atoms with van der Waals surface area (Å²) in [6.07, 6.45) is 3.55. The van der Waals surface area contributed by atoms with E-state index in [2.05, 4.69) is 32.8 Å². The Morgan fingerprint density at radius 2 is 2.00 bits per heavy atom. The third-order valence-electron chi connectivity index (χ3n) is 3.51. The van der Waals surface area contributed by atoms with E-state index in [9.17, 15) is 0 Å². The van der Waals surface area contributed by atoms with Gasteiger partial charge in [0.25, 0.3) is 0 Å². The lowest BCUT2D eigenvalue weighted by atomic mass is 9.63. The normalized spacial score (nSPS) is 52.2. The summed E-state index contributed by atoms with van der Waals surface area (Å²) >= 11 is 0. The van der Waals surface area contributed by atoms with Crippen molar-refractivity contribution in [2.45, 2.75) is 44.9 Å². The van der Waals surface area contributed by atoms with E-state index in [1.54, 1.807) is 0 Å². The summed E-state index contributed by atoms with van der Waals surface area (Å²) < 4.78 is 5.90. The van der Waals surface area contributed by atoms with Gasteiger partial charge in [-0.1, -0.05) is 6.92 Å². The van der Waals surface area contributed by atoms with Gasteiger partial charge in [0.15, 0.2) is 0 Å². The van der Waals surface area contributed by atoms with Gasteiger partial charge in [-0.15, -0.1) is 0 Å². The van der Waals surface area contributed by atoms with E-state index in [0.29, 0.717) is 23.7 Å². The Labute approximate surface area is 74.9 Å². The molecule has 12 heavy (non-hydrogen) atoms. The molecular weight excluding hydrogens is 150 g/mol. The molecule has 2 nitrogen and oxygen atoms in total. The highest BCUT2D eigenvalue weighted by Gasteiger charge is 2.57. The maximum atomic E-state index is 5.90. The standard InChI is InChI=1S/C10H19NO/c1-7-5-10(2)6-8(11(3)4)9(10)12-7/h7-9H,5-6H2,1-4H3. The highest BCUT2D eigenvalue weighted by molar-refractivity contribution is 5.08. The number of nitrogens with zero attached hydrogens (tertiary/aromatic N) is 1. The van der Waals surface area contributed by atoms with Crippen molar-refractivity contribution in [2.75, 3.05) is 14.1 Å². The number of rotatable bonds is 1. The number of likely N-dealkylation sites (N-methyl/N-ethyl adjacent to an activating group) is 1. The Balaban J connectivity index is 2.05. The molecular formula is C10H19NO. The summed E-state index contributed by atoms with van der Waals surface area (Å²) in [4.78, 5) is 2.30. The van der Waals surface area contributed by atoms with Gasteiger partial charge in [-0.3, -0.25) is 0 Å². The number of hydrogen-bond donors (Lipinski definition) is 0. The Kier molecular flexibility index (Phi) is 1.74. The van der Waals surface area contributed by atoms with Crippen LogP contribution in [-0.2, 0) is 4.74 Å². The molecule has 0 aromatic heterocycles. The number of ether oxygens (including phenoxy) is 1. The van der Waals surface area contributed by atoms with Gasteiger partial charge in [-0.2, -0.15) is 0 Å². The predicted molar refractivity (Wildman–Crippen MR) is 49.2 cm³/mol. The molecule has 1 saturated heterocycles. The Bertz CT molecular complexity index is 192. The maximum Gasteiger partial charge on any atom is 0.0788 e. The summed E-state index contributed by atoms with van der Waals surface area (Å²) in [5.41, 5.74) is 0.494. The van der Waals surface area contributed by atoms with Crippen molar-refractivity contribution in [3.63, 3.8) is 0 Å². The fourth-order valence-electron chi connectivity index (χ4n) is 2.87. The third kappa shape index (κ3) is 1.01. The smallest absolute Gasteiger partial charge is 0.0788 e. The zero-order valence-electron chi connectivity index (χ0n) is 8.50. The largest absolute Gasteiger partial charge is 0.373 e. The van der Waals surface area contributed by atoms with Crippen LogP contribution in [0, 0.1) is 5.41 Å². The summed E-state index contributed by atoms with van der Waals surface area (Å²) in [6.45, 7) is 4.55. The number of fused-ring (bicyclic) bond motifs is 1. The second kappa shape index (κ2) is 2.46. The summed E-state index contributed by atoms with van der Waals surface area (Å²) in [5.74, 6) is 0. The van der Waals surface area contributed by atoms with E-state index >= 15 is 0 Å². The van der Waals surface area contributed by atoms with Crippen molar-refractivity contribution >= 4 is 0 Å². The lowest BCUT2D eigenvalue weighted by Crippen LogP contribution is -2.58. The second-order valence-electron chi connectivity index (χ2n) is 4.96. The Hall–Kier alpha value is -0.0800. The molecule has 1 aliphatic heterocycles. The van der Waals surface area contributed by atoms with Crippen molar-refractivity contribution in [3.8, 4) is 0 Å². The van der Waals surface area contributed by atoms with Crippen molar-refractivity contribution in [2.24, 2.45) is 5.41 Å². The maximum absolute atomic E-state index is 5.90. The van der Waals surface area contributed by atoms with E-state index in [4.69, 9.17) is 4.74 Å². The SMILES string of the molecule is CC1CC2(C)CC(N(C)C)C2O1. The molecule has 0 bridgehead atoms. The molecule has 4 unspecified atom stereocenters. The molecule has 1 saturated carbocycles. The summed E-state index contributed by atoms with van der Waals surface area (Å²) in [7, 11) is 4.30. The second-order valence-corrected chi connectivity index (χ2v) is 4.96. The zero-order valence-corrected chi connectivity index (χ0v) is 8.50. The summed E-state index contributed by atoms with van der Waals surface area (Å²) in [6, 6.07) is 0.667. The first-order valence-corrected chi connectivity index (χ1v) is 4.85. The molecule has 70 valence electrons. The van der Waals surface area contributed by atoms with E-state index in [1.807, 2.05) is 0 Å². The van der Waals surface area contributed by atoms with Crippen LogP contribution in [-0.4, -0.2) is 37.2 Å². The zero-order chi connectivity index (χ0) is 8.93. The molecule has 4 atom stereocenters. The van der Waals surface area contributed by atoms with Crippen LogP contribution < -0.4 is 0 Å². The van der Waals surface area contributed by atoms with Gasteiger partial charge in [0.2, 0.25) is 0 Å². The molecule has 0 N–H and O–H groups in total. The third-order valence-corrected chi connectivity index (χ3v) is 3.51. The molecule has 2 heteroatoms. The first kappa shape index (κ1) is 8.52. The van der Waals surface area contributed by atoms with Gasteiger partial charge < -0.3 is 9.64 Å². The minimum atomic E-state index is 0.477. The lowest BCUT2D eigenvalue weighted by Gasteiger charge is -2.50. The molecule has 2 aliphatic rings. The average Bonchev–Trinajstić information content (AvgIpc) is 2.13. The van der Waals surface area contributed by atoms with Gasteiger partial charge in [-0.25, -0.2) is 0 Å². The molecule has 0 radical (unpaired) electrons. The molecule has 0 aromatic carbocycles. The number of hydrogen-bond acceptors (Lipinski definition) is 2. The van der Waals surface area contributed by atoms with Crippen LogP contribution >= 0.6 is 0 Å². The minimum Gasteiger partial charge on any atom is -0.373 e. The van der Waals surface area contributed by atoms with Crippen molar-refractivity contribution in [1.82, 2.24) is 4.90 Å². The topological polar surface area (TPSA) is 12.5 Å². The average molecular weight is 169 g/mol. The Morgan fingerprint density at radius 1 is 1.33 bits per heavy atom. The lowest BCUT2D eigenvalue weighted by molar-refractivity contribution is -0.101. The van der Waals surface area contributed by atoms with Gasteiger partial charge in [0.1, 0.15) is 0 Å². The molecule has 1 aliphatic carbocycles. The molecule has 2 rings (SSSR count). The van der Waals surface area contributed by atoms with Crippen molar-refractivity contribution in [1.29, 1.82) is 0 Å². The van der Waals surface area contributed by atoms with Crippen LogP contribution in [0.2, 0.25) is 0 Å². The van der Waals surface area contributed by atoms with Crippen LogP contribution in [0.4, 0.5) is 0 Å². The van der Waals surface area contributed by atoms with Crippen LogP contribution in [0.25, 0.3) is 0 Å². The van der Waals surface area contributed by atoms with Crippen LogP contribution in [0.15, 0.2) is 0 Å². The minimum absolute atomic E-state index is 0.477. The summed E-state index contributed by atoms with van der Waals surface area (Å²) in [5, 5.41) is 0. The molecule has 0 spiro atoms. The van der Waals surface area contributed by atoms with E-state index in [0.717, 1.165) is 0 Å². The monoisotopic (exact) mass is 169 g/mol. The van der Waals surface area contributed by atoms with Gasteiger partial charge in [-0.05, 0) is 39.3 Å². The van der Waals surface area contributed by atoms with Crippen molar-refractivity contribution < 1.29 is 4.74 Å². The van der Waals surface area contributed by atoms with Gasteiger partial charge in [0.05, 0.1) is 12.2 Å². The quantitative estimate of drug-likeness (QED) is 0.590. The van der Waals surface area contributed by atoms with Crippen LogP contribution in [0.1, 0.15) is 26.7 Å². The molecule has 1 heterocycles. The Morgan fingerprint density at radius 3 is 2.50 bits per heavy atom. The fourth-order valence-corrected chi connectivity index (χ4v) is 2.87. The fraction of sp³-hybridized carbons (Fsp3) is 1.00. The van der Waals surface area contributed by atoms with Gasteiger partial charge >= 0.3 is 0 Å². The molecule has 0 amide bonds. The predicted octanol–water partition coefficient (Wildman–Crippen LogP) is 1.50. The molecule has 0 aromatic rings. The molecule has 2 fully saturated rings. The first-order chi connectivity index (χ1) is 5.53.